The summed E-state index contributed by atoms with van der Waals surface area (Å²) in [4.78, 5) is 23.9. The Balaban J connectivity index is 0.00000341. The summed E-state index contributed by atoms with van der Waals surface area (Å²) in [6, 6.07) is 8.39. The number of para-hydroxylation sites is 2. The van der Waals surface area contributed by atoms with E-state index >= 15 is 0 Å². The summed E-state index contributed by atoms with van der Waals surface area (Å²) < 4.78 is 5.50. The number of benzene rings is 1. The molecule has 0 bridgehead atoms. The van der Waals surface area contributed by atoms with Gasteiger partial charge in [0.15, 0.2) is 5.96 Å². The number of hydrogen-bond acceptors (Lipinski definition) is 6. The highest BCUT2D eigenvalue weighted by atomic mass is 127. The maximum Gasteiger partial charge on any atom is 0.263 e. The molecular formula is C21H31IN6O2S. The number of anilines is 1. The van der Waals surface area contributed by atoms with Crippen LogP contribution in [0.4, 0.5) is 5.69 Å². The van der Waals surface area contributed by atoms with Gasteiger partial charge in [-0.15, -0.1) is 35.3 Å². The molecule has 3 N–H and O–H groups in total. The average Bonchev–Trinajstić information content (AvgIpc) is 3.40. The van der Waals surface area contributed by atoms with E-state index in [9.17, 15) is 4.79 Å². The van der Waals surface area contributed by atoms with Gasteiger partial charge in [-0.05, 0) is 32.4 Å². The van der Waals surface area contributed by atoms with Crippen LogP contribution in [0.1, 0.15) is 28.7 Å². The van der Waals surface area contributed by atoms with E-state index in [1.54, 1.807) is 12.6 Å². The molecule has 8 nitrogen and oxygen atoms in total. The van der Waals surface area contributed by atoms with Crippen molar-refractivity contribution in [3.05, 3.63) is 40.3 Å². The normalized spacial score (nSPS) is 15.9. The van der Waals surface area contributed by atoms with E-state index in [-0.39, 0.29) is 29.9 Å². The van der Waals surface area contributed by atoms with Crippen molar-refractivity contribution in [3.8, 4) is 5.75 Å². The van der Waals surface area contributed by atoms with Crippen LogP contribution >= 0.6 is 35.3 Å². The van der Waals surface area contributed by atoms with Crippen LogP contribution in [-0.4, -0.2) is 62.7 Å². The largest absolute Gasteiger partial charge is 0.495 e. The minimum absolute atomic E-state index is 0. The maximum atomic E-state index is 12.2. The summed E-state index contributed by atoms with van der Waals surface area (Å²) in [6.45, 7) is 7.48. The number of aryl methyl sites for hydroxylation is 1. The van der Waals surface area contributed by atoms with Gasteiger partial charge in [-0.1, -0.05) is 12.1 Å². The number of guanidine groups is 1. The Bertz CT molecular complexity index is 875. The number of ether oxygens (including phenoxy) is 1. The molecule has 1 amide bonds. The van der Waals surface area contributed by atoms with E-state index in [4.69, 9.17) is 4.74 Å². The average molecular weight is 558 g/mol. The van der Waals surface area contributed by atoms with Gasteiger partial charge in [0, 0.05) is 32.2 Å². The summed E-state index contributed by atoms with van der Waals surface area (Å²) in [5.74, 6) is 1.57. The third kappa shape index (κ3) is 6.96. The smallest absolute Gasteiger partial charge is 0.263 e. The lowest BCUT2D eigenvalue weighted by atomic mass is 10.2. The van der Waals surface area contributed by atoms with Gasteiger partial charge in [-0.2, -0.15) is 0 Å². The zero-order valence-electron chi connectivity index (χ0n) is 18.2. The Kier molecular flexibility index (Phi) is 10.3. The Morgan fingerprint density at radius 3 is 2.87 bits per heavy atom. The molecule has 10 heteroatoms. The van der Waals surface area contributed by atoms with Crippen LogP contribution in [0.5, 0.6) is 5.75 Å². The van der Waals surface area contributed by atoms with E-state index in [1.807, 2.05) is 32.0 Å². The second-order valence-corrected chi connectivity index (χ2v) is 7.89. The fourth-order valence-corrected chi connectivity index (χ4v) is 4.16. The highest BCUT2D eigenvalue weighted by Crippen LogP contribution is 2.30. The predicted molar refractivity (Wildman–Crippen MR) is 137 cm³/mol. The number of aromatic nitrogens is 1. The molecule has 1 fully saturated rings. The van der Waals surface area contributed by atoms with Crippen molar-refractivity contribution < 1.29 is 9.53 Å². The summed E-state index contributed by atoms with van der Waals surface area (Å²) in [5, 5.41) is 9.71. The fourth-order valence-electron chi connectivity index (χ4n) is 3.44. The molecule has 1 saturated heterocycles. The predicted octanol–water partition coefficient (Wildman–Crippen LogP) is 2.64. The molecule has 1 atom stereocenters. The third-order valence-electron chi connectivity index (χ3n) is 4.92. The van der Waals surface area contributed by atoms with Crippen LogP contribution in [-0.2, 0) is 0 Å². The lowest BCUT2D eigenvalue weighted by Gasteiger charge is -2.22. The number of nitrogens with one attached hydrogen (secondary N) is 3. The number of halogens is 1. The monoisotopic (exact) mass is 558 g/mol. The summed E-state index contributed by atoms with van der Waals surface area (Å²) in [5.41, 5.74) is 3.56. The molecule has 31 heavy (non-hydrogen) atoms. The van der Waals surface area contributed by atoms with Crippen molar-refractivity contribution >= 4 is 52.9 Å². The Hall–Kier alpha value is -2.08. The zero-order valence-corrected chi connectivity index (χ0v) is 21.3. The van der Waals surface area contributed by atoms with E-state index in [0.29, 0.717) is 24.0 Å². The van der Waals surface area contributed by atoms with E-state index < -0.39 is 0 Å². The van der Waals surface area contributed by atoms with Gasteiger partial charge >= 0.3 is 0 Å². The van der Waals surface area contributed by atoms with Crippen molar-refractivity contribution in [1.29, 1.82) is 0 Å². The number of aliphatic imine (C=N–C) groups is 1. The first kappa shape index (κ1) is 25.2. The minimum Gasteiger partial charge on any atom is -0.495 e. The van der Waals surface area contributed by atoms with Crippen LogP contribution in [0.3, 0.4) is 0 Å². The molecule has 170 valence electrons. The van der Waals surface area contributed by atoms with Gasteiger partial charge < -0.3 is 25.6 Å². The summed E-state index contributed by atoms with van der Waals surface area (Å²) in [7, 11) is 1.70. The number of nitrogens with zero attached hydrogens (tertiary/aromatic N) is 3. The van der Waals surface area contributed by atoms with Crippen molar-refractivity contribution in [2.45, 2.75) is 26.3 Å². The van der Waals surface area contributed by atoms with Crippen molar-refractivity contribution in [3.63, 3.8) is 0 Å². The number of amides is 1. The van der Waals surface area contributed by atoms with Gasteiger partial charge in [-0.25, -0.2) is 4.98 Å². The first-order valence-electron chi connectivity index (χ1n) is 10.2. The molecule has 0 aliphatic carbocycles. The van der Waals surface area contributed by atoms with Crippen LogP contribution < -0.4 is 25.6 Å². The van der Waals surface area contributed by atoms with Crippen LogP contribution in [0.2, 0.25) is 0 Å². The lowest BCUT2D eigenvalue weighted by molar-refractivity contribution is 0.0958. The molecule has 1 aliphatic heterocycles. The molecule has 0 saturated carbocycles. The Morgan fingerprint density at radius 1 is 1.35 bits per heavy atom. The van der Waals surface area contributed by atoms with Crippen LogP contribution in [0.15, 0.2) is 34.8 Å². The highest BCUT2D eigenvalue weighted by Gasteiger charge is 2.25. The standard InChI is InChI=1S/C21H30N6O2S.HI/c1-4-22-21(24-11-10-23-20(28)19-15(2)25-14-30-19)26-16-9-12-27(13-16)17-7-5-6-8-18(17)29-3;/h5-8,14,16H,4,9-13H2,1-3H3,(H,23,28)(H2,22,24,26);1H. The molecular weight excluding hydrogens is 527 g/mol. The SMILES string of the molecule is CCNC(=NCCNC(=O)c1scnc1C)NC1CCN(c2ccccc2OC)C1.I. The second kappa shape index (κ2) is 12.7. The number of carbonyl (C=O) groups is 1. The molecule has 0 radical (unpaired) electrons. The highest BCUT2D eigenvalue weighted by molar-refractivity contribution is 14.0. The molecule has 3 rings (SSSR count). The Labute approximate surface area is 204 Å². The van der Waals surface area contributed by atoms with Crippen molar-refractivity contribution in [2.24, 2.45) is 4.99 Å². The number of hydrogen-bond donors (Lipinski definition) is 3. The molecule has 2 heterocycles. The second-order valence-electron chi connectivity index (χ2n) is 7.03. The molecule has 1 aromatic carbocycles. The molecule has 1 aliphatic rings. The van der Waals surface area contributed by atoms with Gasteiger partial charge in [0.1, 0.15) is 10.6 Å². The van der Waals surface area contributed by atoms with Crippen LogP contribution in [0.25, 0.3) is 0 Å². The van der Waals surface area contributed by atoms with Gasteiger partial charge in [0.05, 0.1) is 30.5 Å². The van der Waals surface area contributed by atoms with Crippen LogP contribution in [0, 0.1) is 6.92 Å². The van der Waals surface area contributed by atoms with Gasteiger partial charge in [0.2, 0.25) is 0 Å². The van der Waals surface area contributed by atoms with Crippen molar-refractivity contribution in [1.82, 2.24) is 20.9 Å². The van der Waals surface area contributed by atoms with Gasteiger partial charge in [-0.3, -0.25) is 9.79 Å². The quantitative estimate of drug-likeness (QED) is 0.200. The minimum atomic E-state index is -0.0913. The molecule has 2 aromatic rings. The van der Waals surface area contributed by atoms with E-state index in [2.05, 4.69) is 36.9 Å². The number of methoxy groups -OCH3 is 1. The lowest BCUT2D eigenvalue weighted by Crippen LogP contribution is -2.45. The number of rotatable bonds is 8. The zero-order chi connectivity index (χ0) is 21.3. The summed E-state index contributed by atoms with van der Waals surface area (Å²) in [6.07, 6.45) is 1.02. The molecule has 0 spiro atoms. The molecule has 1 aromatic heterocycles. The summed E-state index contributed by atoms with van der Waals surface area (Å²) >= 11 is 1.36. The first-order valence-corrected chi connectivity index (χ1v) is 11.1. The van der Waals surface area contributed by atoms with Gasteiger partial charge in [0.25, 0.3) is 5.91 Å². The molecule has 1 unspecified atom stereocenters. The maximum absolute atomic E-state index is 12.2. The number of carbonyl (C=O) groups excluding carboxylic acids is 1. The van der Waals surface area contributed by atoms with Crippen molar-refractivity contribution in [2.75, 3.05) is 44.7 Å². The third-order valence-corrected chi connectivity index (χ3v) is 5.85. The van der Waals surface area contributed by atoms with E-state index in [1.165, 1.54) is 11.3 Å². The Morgan fingerprint density at radius 2 is 2.16 bits per heavy atom. The van der Waals surface area contributed by atoms with E-state index in [0.717, 1.165) is 49.1 Å². The first-order chi connectivity index (χ1) is 14.6. The number of thiazole rings is 1. The topological polar surface area (TPSA) is 90.9 Å². The fraction of sp³-hybridized carbons (Fsp3) is 0.476.